The lowest BCUT2D eigenvalue weighted by atomic mass is 9.93. The Morgan fingerprint density at radius 2 is 1.93 bits per heavy atom. The Morgan fingerprint density at radius 1 is 1.12 bits per heavy atom. The number of benzene rings is 2. The molecule has 0 radical (unpaired) electrons. The van der Waals surface area contributed by atoms with Crippen LogP contribution in [0.3, 0.4) is 0 Å². The second-order valence-electron chi connectivity index (χ2n) is 10.6. The third-order valence-corrected chi connectivity index (χ3v) is 6.75. The normalized spacial score (nSPS) is 14.2. The molecule has 0 aliphatic carbocycles. The highest BCUT2D eigenvalue weighted by Crippen LogP contribution is 2.28. The molecule has 5 rings (SSSR count). The highest BCUT2D eigenvalue weighted by molar-refractivity contribution is 6.32. The van der Waals surface area contributed by atoms with Gasteiger partial charge in [-0.05, 0) is 24.3 Å². The minimum absolute atomic E-state index is 0.00886. The van der Waals surface area contributed by atoms with Crippen LogP contribution in [0.4, 0.5) is 20.7 Å². The summed E-state index contributed by atoms with van der Waals surface area (Å²) in [7, 11) is 0. The Balaban J connectivity index is 1.19. The first-order valence-electron chi connectivity index (χ1n) is 13.2. The second-order valence-corrected chi connectivity index (χ2v) is 11.0. The molecule has 0 spiro atoms. The van der Waals surface area contributed by atoms with Gasteiger partial charge in [0.25, 0.3) is 0 Å². The van der Waals surface area contributed by atoms with Crippen LogP contribution < -0.4 is 15.4 Å². The van der Waals surface area contributed by atoms with Crippen LogP contribution in [-0.4, -0.2) is 70.5 Å². The van der Waals surface area contributed by atoms with Crippen LogP contribution in [0.2, 0.25) is 5.02 Å². The van der Waals surface area contributed by atoms with Crippen molar-refractivity contribution in [2.75, 3.05) is 50.1 Å². The molecule has 1 aliphatic heterocycles. The van der Waals surface area contributed by atoms with E-state index in [0.717, 1.165) is 32.8 Å². The predicted octanol–water partition coefficient (Wildman–Crippen LogP) is 5.37. The maximum absolute atomic E-state index is 14.9. The number of carbonyl (C=O) groups is 1. The molecule has 2 N–H and O–H groups in total. The van der Waals surface area contributed by atoms with E-state index >= 15 is 0 Å². The standard InChI is InChI=1S/C28H31ClFN7O4/c1-28(2,3)25-16-26(34-41-25)32-27(38)31-22-6-4-18(14-21(22)30)23-17-37(35-33-23)24-7-5-19(15-20(24)29)40-13-10-36-8-11-39-12-9-36/h4-7,14-17H,8-13H2,1-3H3,(H2,31,32,34,38). The molecule has 2 aromatic carbocycles. The van der Waals surface area contributed by atoms with Crippen LogP contribution in [0.5, 0.6) is 5.75 Å². The Hall–Kier alpha value is -4.00. The molecule has 1 saturated heterocycles. The Bertz CT molecular complexity index is 1510. The van der Waals surface area contributed by atoms with E-state index < -0.39 is 11.8 Å². The fraction of sp³-hybridized carbons (Fsp3) is 0.357. The molecule has 11 nitrogen and oxygen atoms in total. The Morgan fingerprint density at radius 3 is 2.63 bits per heavy atom. The number of nitrogens with one attached hydrogen (secondary N) is 2. The molecular formula is C28H31ClFN7O4. The molecule has 4 aromatic rings. The van der Waals surface area contributed by atoms with Crippen molar-refractivity contribution in [3.05, 3.63) is 65.3 Å². The van der Waals surface area contributed by atoms with Crippen LogP contribution in [0.1, 0.15) is 26.5 Å². The van der Waals surface area contributed by atoms with Gasteiger partial charge in [0.15, 0.2) is 5.82 Å². The number of urea groups is 1. The first kappa shape index (κ1) is 28.5. The van der Waals surface area contributed by atoms with Crippen molar-refractivity contribution >= 4 is 29.1 Å². The molecule has 1 fully saturated rings. The van der Waals surface area contributed by atoms with E-state index in [1.54, 1.807) is 30.5 Å². The molecule has 2 amide bonds. The van der Waals surface area contributed by atoms with Crippen molar-refractivity contribution in [1.29, 1.82) is 0 Å². The lowest BCUT2D eigenvalue weighted by Crippen LogP contribution is -2.38. The van der Waals surface area contributed by atoms with Crippen molar-refractivity contribution < 1.29 is 23.2 Å². The maximum atomic E-state index is 14.9. The summed E-state index contributed by atoms with van der Waals surface area (Å²) < 4.78 is 32.9. The van der Waals surface area contributed by atoms with Gasteiger partial charge in [0.2, 0.25) is 0 Å². The fourth-order valence-corrected chi connectivity index (χ4v) is 4.38. The topological polar surface area (TPSA) is 120 Å². The zero-order valence-corrected chi connectivity index (χ0v) is 23.7. The van der Waals surface area contributed by atoms with Gasteiger partial charge in [0.05, 0.1) is 35.8 Å². The van der Waals surface area contributed by atoms with Crippen molar-refractivity contribution in [3.8, 4) is 22.7 Å². The summed E-state index contributed by atoms with van der Waals surface area (Å²) in [6, 6.07) is 10.7. The van der Waals surface area contributed by atoms with Gasteiger partial charge in [-0.2, -0.15) is 0 Å². The Labute approximate surface area is 241 Å². The molecule has 3 heterocycles. The first-order chi connectivity index (χ1) is 19.7. The molecule has 0 atom stereocenters. The average molecular weight is 584 g/mol. The average Bonchev–Trinajstić information content (AvgIpc) is 3.61. The van der Waals surface area contributed by atoms with E-state index in [2.05, 4.69) is 31.0 Å². The third-order valence-electron chi connectivity index (χ3n) is 6.44. The van der Waals surface area contributed by atoms with Crippen LogP contribution in [0.25, 0.3) is 16.9 Å². The van der Waals surface area contributed by atoms with Crippen molar-refractivity contribution in [3.63, 3.8) is 0 Å². The van der Waals surface area contributed by atoms with Crippen LogP contribution >= 0.6 is 11.6 Å². The number of hydrogen-bond acceptors (Lipinski definition) is 8. The van der Waals surface area contributed by atoms with E-state index in [-0.39, 0.29) is 16.9 Å². The fourth-order valence-electron chi connectivity index (χ4n) is 4.13. The van der Waals surface area contributed by atoms with Gasteiger partial charge in [-0.15, -0.1) is 5.10 Å². The zero-order chi connectivity index (χ0) is 29.0. The molecule has 13 heteroatoms. The van der Waals surface area contributed by atoms with E-state index in [1.165, 1.54) is 16.8 Å². The largest absolute Gasteiger partial charge is 0.492 e. The minimum atomic E-state index is -0.653. The number of hydrogen-bond donors (Lipinski definition) is 2. The van der Waals surface area contributed by atoms with Gasteiger partial charge in [-0.1, -0.05) is 48.8 Å². The summed E-state index contributed by atoms with van der Waals surface area (Å²) in [4.78, 5) is 14.7. The SMILES string of the molecule is CC(C)(C)c1cc(NC(=O)Nc2ccc(-c3cn(-c4ccc(OCCN5CCOCC5)cc4Cl)nn3)cc2F)no1. The number of anilines is 2. The number of ether oxygens (including phenoxy) is 2. The smallest absolute Gasteiger partial charge is 0.325 e. The molecule has 0 bridgehead atoms. The molecule has 0 saturated carbocycles. The zero-order valence-electron chi connectivity index (χ0n) is 23.0. The van der Waals surface area contributed by atoms with Crippen LogP contribution in [-0.2, 0) is 10.2 Å². The predicted molar refractivity (Wildman–Crippen MR) is 152 cm³/mol. The molecule has 216 valence electrons. The van der Waals surface area contributed by atoms with Gasteiger partial charge in [-0.3, -0.25) is 10.2 Å². The van der Waals surface area contributed by atoms with Crippen molar-refractivity contribution in [2.45, 2.75) is 26.2 Å². The minimum Gasteiger partial charge on any atom is -0.492 e. The molecule has 0 unspecified atom stereocenters. The molecule has 41 heavy (non-hydrogen) atoms. The summed E-state index contributed by atoms with van der Waals surface area (Å²) >= 11 is 6.51. The molecular weight excluding hydrogens is 553 g/mol. The number of aromatic nitrogens is 4. The van der Waals surface area contributed by atoms with Gasteiger partial charge in [-0.25, -0.2) is 13.9 Å². The highest BCUT2D eigenvalue weighted by atomic mass is 35.5. The van der Waals surface area contributed by atoms with Gasteiger partial charge in [0, 0.05) is 42.7 Å². The van der Waals surface area contributed by atoms with Crippen molar-refractivity contribution in [1.82, 2.24) is 25.1 Å². The lowest BCUT2D eigenvalue weighted by Gasteiger charge is -2.26. The van der Waals surface area contributed by atoms with Crippen LogP contribution in [0.15, 0.2) is 53.2 Å². The van der Waals surface area contributed by atoms with Crippen molar-refractivity contribution in [2.24, 2.45) is 0 Å². The number of nitrogens with zero attached hydrogens (tertiary/aromatic N) is 5. The summed E-state index contributed by atoms with van der Waals surface area (Å²) in [5, 5.41) is 17.6. The monoisotopic (exact) mass is 583 g/mol. The molecule has 2 aromatic heterocycles. The van der Waals surface area contributed by atoms with E-state index in [1.807, 2.05) is 26.8 Å². The first-order valence-corrected chi connectivity index (χ1v) is 13.5. The summed E-state index contributed by atoms with van der Waals surface area (Å²) in [5.74, 6) is 0.854. The highest BCUT2D eigenvalue weighted by Gasteiger charge is 2.21. The number of carbonyl (C=O) groups excluding carboxylic acids is 1. The lowest BCUT2D eigenvalue weighted by molar-refractivity contribution is 0.0322. The third kappa shape index (κ3) is 7.20. The van der Waals surface area contributed by atoms with E-state index in [4.69, 9.17) is 25.6 Å². The second kappa shape index (κ2) is 12.2. The van der Waals surface area contributed by atoms with E-state index in [9.17, 15) is 9.18 Å². The van der Waals surface area contributed by atoms with Gasteiger partial charge >= 0.3 is 6.03 Å². The number of amides is 2. The number of morpholine rings is 1. The quantitative estimate of drug-likeness (QED) is 0.284. The van der Waals surface area contributed by atoms with Gasteiger partial charge < -0.3 is 19.3 Å². The Kier molecular flexibility index (Phi) is 8.52. The number of halogens is 2. The summed E-state index contributed by atoms with van der Waals surface area (Å²) in [6.45, 7) is 10.5. The summed E-state index contributed by atoms with van der Waals surface area (Å²) in [5.41, 5.74) is 1.23. The van der Waals surface area contributed by atoms with Gasteiger partial charge in [0.1, 0.15) is 29.6 Å². The van der Waals surface area contributed by atoms with E-state index in [0.29, 0.717) is 40.1 Å². The number of rotatable bonds is 8. The maximum Gasteiger partial charge on any atom is 0.325 e. The molecule has 1 aliphatic rings. The van der Waals surface area contributed by atoms with Crippen LogP contribution in [0, 0.1) is 5.82 Å². The summed E-state index contributed by atoms with van der Waals surface area (Å²) in [6.07, 6.45) is 1.64.